The minimum Gasteiger partial charge on any atom is -0.198 e. The van der Waals surface area contributed by atoms with Crippen molar-refractivity contribution in [2.75, 3.05) is 0 Å². The van der Waals surface area contributed by atoms with Gasteiger partial charge >= 0.3 is 10.0 Å². The molecule has 0 aliphatic carbocycles. The van der Waals surface area contributed by atoms with Crippen molar-refractivity contribution >= 4 is 15.7 Å². The van der Waals surface area contributed by atoms with E-state index in [2.05, 4.69) is 15.7 Å². The molecule has 11 heavy (non-hydrogen) atoms. The van der Waals surface area contributed by atoms with Crippen LogP contribution in [-0.2, 0) is 10.0 Å². The van der Waals surface area contributed by atoms with Crippen LogP contribution in [0.2, 0.25) is 0 Å². The molecule has 0 saturated heterocycles. The Bertz CT molecular complexity index is 422. The van der Waals surface area contributed by atoms with E-state index in [9.17, 15) is 8.42 Å². The van der Waals surface area contributed by atoms with Crippen LogP contribution in [0.25, 0.3) is 0 Å². The largest absolute Gasteiger partial charge is 0.301 e. The van der Waals surface area contributed by atoms with E-state index in [-0.39, 0.29) is 4.90 Å². The number of benzene rings is 1. The summed E-state index contributed by atoms with van der Waals surface area (Å²) in [5.41, 5.74) is 0.299. The summed E-state index contributed by atoms with van der Waals surface area (Å²) in [5.74, 6) is 0. The quantitative estimate of drug-likeness (QED) is 0.584. The third-order valence-corrected chi connectivity index (χ3v) is 2.51. The molecule has 1 aliphatic heterocycles. The van der Waals surface area contributed by atoms with Gasteiger partial charge in [0, 0.05) is 6.07 Å². The fourth-order valence-corrected chi connectivity index (χ4v) is 1.71. The normalized spacial score (nSPS) is 18.2. The first kappa shape index (κ1) is 6.48. The predicted octanol–water partition coefficient (Wildman–Crippen LogP) is 1.27. The van der Waals surface area contributed by atoms with Crippen molar-refractivity contribution in [1.29, 1.82) is 0 Å². The predicted molar refractivity (Wildman–Crippen MR) is 37.0 cm³/mol. The standard InChI is InChI=1S/C6H3N2O2S/c9-11(10)6-4-2-1-3-5(6)7-8-11/h1-2,4H. The first-order valence-electron chi connectivity index (χ1n) is 2.89. The summed E-state index contributed by atoms with van der Waals surface area (Å²) >= 11 is 0. The molecule has 1 heterocycles. The summed E-state index contributed by atoms with van der Waals surface area (Å²) in [6, 6.07) is 7.31. The summed E-state index contributed by atoms with van der Waals surface area (Å²) in [4.78, 5) is 0.139. The Morgan fingerprint density at radius 3 is 3.00 bits per heavy atom. The van der Waals surface area contributed by atoms with Crippen LogP contribution < -0.4 is 0 Å². The number of hydrogen-bond acceptors (Lipinski definition) is 3. The van der Waals surface area contributed by atoms with Crippen molar-refractivity contribution in [3.63, 3.8) is 0 Å². The molecule has 0 aromatic heterocycles. The topological polar surface area (TPSA) is 58.9 Å². The highest BCUT2D eigenvalue weighted by atomic mass is 32.2. The van der Waals surface area contributed by atoms with Crippen LogP contribution in [0.3, 0.4) is 0 Å². The molecule has 4 nitrogen and oxygen atoms in total. The highest BCUT2D eigenvalue weighted by Crippen LogP contribution is 2.31. The Labute approximate surface area is 63.6 Å². The maximum Gasteiger partial charge on any atom is 0.301 e. The number of hydrogen-bond donors (Lipinski definition) is 0. The molecule has 0 spiro atoms. The molecule has 5 heteroatoms. The molecule has 0 N–H and O–H groups in total. The van der Waals surface area contributed by atoms with Crippen molar-refractivity contribution < 1.29 is 8.42 Å². The van der Waals surface area contributed by atoms with Crippen molar-refractivity contribution in [1.82, 2.24) is 0 Å². The van der Waals surface area contributed by atoms with Gasteiger partial charge in [0.15, 0.2) is 0 Å². The first-order valence-corrected chi connectivity index (χ1v) is 4.33. The molecule has 0 saturated carbocycles. The highest BCUT2D eigenvalue weighted by molar-refractivity contribution is 7.90. The van der Waals surface area contributed by atoms with E-state index < -0.39 is 10.0 Å². The second kappa shape index (κ2) is 1.88. The summed E-state index contributed by atoms with van der Waals surface area (Å²) in [7, 11) is -3.48. The van der Waals surface area contributed by atoms with Gasteiger partial charge in [0.05, 0.1) is 0 Å². The van der Waals surface area contributed by atoms with Gasteiger partial charge in [0.25, 0.3) is 0 Å². The Hall–Kier alpha value is -1.23. The summed E-state index contributed by atoms with van der Waals surface area (Å²) in [5, 5.41) is 3.43. The van der Waals surface area contributed by atoms with Crippen LogP contribution in [-0.4, -0.2) is 8.42 Å². The molecule has 0 unspecified atom stereocenters. The van der Waals surface area contributed by atoms with Gasteiger partial charge in [-0.2, -0.15) is 8.42 Å². The van der Waals surface area contributed by atoms with Crippen LogP contribution in [0, 0.1) is 6.07 Å². The average Bonchev–Trinajstić information content (AvgIpc) is 2.29. The van der Waals surface area contributed by atoms with Gasteiger partial charge in [-0.25, -0.2) is 0 Å². The van der Waals surface area contributed by atoms with Crippen LogP contribution in [0.5, 0.6) is 0 Å². The van der Waals surface area contributed by atoms with E-state index in [0.717, 1.165) is 0 Å². The van der Waals surface area contributed by atoms with Crippen LogP contribution in [0.4, 0.5) is 5.69 Å². The lowest BCUT2D eigenvalue weighted by Gasteiger charge is -1.89. The Morgan fingerprint density at radius 2 is 2.27 bits per heavy atom. The van der Waals surface area contributed by atoms with E-state index in [1.165, 1.54) is 6.07 Å². The summed E-state index contributed by atoms with van der Waals surface area (Å²) in [6.07, 6.45) is 0. The molecule has 0 amide bonds. The molecule has 0 bridgehead atoms. The Morgan fingerprint density at radius 1 is 1.45 bits per heavy atom. The van der Waals surface area contributed by atoms with E-state index in [1.54, 1.807) is 12.1 Å². The van der Waals surface area contributed by atoms with Gasteiger partial charge in [-0.1, -0.05) is 16.7 Å². The van der Waals surface area contributed by atoms with Crippen LogP contribution >= 0.6 is 0 Å². The Balaban J connectivity index is 2.84. The number of rotatable bonds is 0. The molecule has 55 valence electrons. The highest BCUT2D eigenvalue weighted by Gasteiger charge is 2.22. The fraction of sp³-hybridized carbons (Fsp3) is 0. The minimum atomic E-state index is -3.48. The first-order chi connectivity index (χ1) is 5.20. The second-order valence-electron chi connectivity index (χ2n) is 2.04. The molecule has 1 aliphatic rings. The lowest BCUT2D eigenvalue weighted by Crippen LogP contribution is -1.89. The molecule has 1 aromatic rings. The maximum absolute atomic E-state index is 11.0. The van der Waals surface area contributed by atoms with Gasteiger partial charge in [0.1, 0.15) is 10.6 Å². The van der Waals surface area contributed by atoms with Crippen LogP contribution in [0.15, 0.2) is 32.7 Å². The number of sulfonamides is 1. The molecule has 0 atom stereocenters. The SMILES string of the molecule is O=S1(=O)N=Nc2[c]cccc21. The van der Waals surface area contributed by atoms with Gasteiger partial charge in [-0.05, 0) is 6.07 Å². The van der Waals surface area contributed by atoms with Gasteiger partial charge in [0.2, 0.25) is 0 Å². The lowest BCUT2D eigenvalue weighted by molar-refractivity contribution is 0.599. The summed E-state index contributed by atoms with van der Waals surface area (Å²) in [6.45, 7) is 0. The lowest BCUT2D eigenvalue weighted by atomic mass is 10.3. The molecule has 2 rings (SSSR count). The van der Waals surface area contributed by atoms with E-state index in [0.29, 0.717) is 5.69 Å². The van der Waals surface area contributed by atoms with Gasteiger partial charge in [-0.3, -0.25) is 0 Å². The van der Waals surface area contributed by atoms with Crippen molar-refractivity contribution in [3.05, 3.63) is 24.3 Å². The number of nitrogens with zero attached hydrogens (tertiary/aromatic N) is 2. The van der Waals surface area contributed by atoms with E-state index in [1.807, 2.05) is 0 Å². The van der Waals surface area contributed by atoms with Crippen LogP contribution in [0.1, 0.15) is 0 Å². The number of fused-ring (bicyclic) bond motifs is 1. The monoisotopic (exact) mass is 167 g/mol. The average molecular weight is 167 g/mol. The zero-order valence-electron chi connectivity index (χ0n) is 5.35. The van der Waals surface area contributed by atoms with Crippen molar-refractivity contribution in [3.8, 4) is 0 Å². The van der Waals surface area contributed by atoms with Gasteiger partial charge < -0.3 is 0 Å². The molecule has 0 fully saturated rings. The zero-order valence-corrected chi connectivity index (χ0v) is 6.17. The molecular weight excluding hydrogens is 164 g/mol. The van der Waals surface area contributed by atoms with E-state index >= 15 is 0 Å². The maximum atomic E-state index is 11.0. The smallest absolute Gasteiger partial charge is 0.198 e. The summed E-state index contributed by atoms with van der Waals surface area (Å²) < 4.78 is 25.0. The third kappa shape index (κ3) is 0.848. The van der Waals surface area contributed by atoms with Crippen molar-refractivity contribution in [2.45, 2.75) is 4.90 Å². The van der Waals surface area contributed by atoms with Gasteiger partial charge in [-0.15, -0.1) is 5.11 Å². The fourth-order valence-electron chi connectivity index (χ4n) is 0.837. The zero-order chi connectivity index (χ0) is 7.90. The molecule has 1 aromatic carbocycles. The molecule has 1 radical (unpaired) electrons. The molecular formula is C6H3N2O2S. The third-order valence-electron chi connectivity index (χ3n) is 1.32. The Kier molecular flexibility index (Phi) is 1.11. The van der Waals surface area contributed by atoms with Crippen molar-refractivity contribution in [2.24, 2.45) is 9.63 Å². The second-order valence-corrected chi connectivity index (χ2v) is 3.59. The minimum absolute atomic E-state index is 0.139. The van der Waals surface area contributed by atoms with E-state index in [4.69, 9.17) is 0 Å².